The molecule has 0 spiro atoms. The number of hydrogen-bond acceptors (Lipinski definition) is 5. The molecule has 4 rings (SSSR count). The Morgan fingerprint density at radius 1 is 0.970 bits per heavy atom. The van der Waals surface area contributed by atoms with Gasteiger partial charge in [0.1, 0.15) is 5.82 Å². The lowest BCUT2D eigenvalue weighted by Crippen LogP contribution is -2.30. The number of likely N-dealkylation sites (tertiary alicyclic amines) is 1. The van der Waals surface area contributed by atoms with E-state index in [1.165, 1.54) is 16.7 Å². The first kappa shape index (κ1) is 22.9. The van der Waals surface area contributed by atoms with Crippen LogP contribution >= 0.6 is 0 Å². The molecule has 1 aliphatic heterocycles. The maximum atomic E-state index is 12.1. The molecular weight excluding hydrogens is 410 g/mol. The molecule has 6 nitrogen and oxygen atoms in total. The van der Waals surface area contributed by atoms with Crippen LogP contribution in [0.2, 0.25) is 0 Å². The summed E-state index contributed by atoms with van der Waals surface area (Å²) in [4.78, 5) is 27.9. The molecule has 172 valence electrons. The second kappa shape index (κ2) is 10.1. The number of aromatic nitrogens is 2. The van der Waals surface area contributed by atoms with E-state index in [0.29, 0.717) is 6.54 Å². The number of amides is 1. The van der Waals surface area contributed by atoms with Crippen LogP contribution in [0, 0.1) is 0 Å². The summed E-state index contributed by atoms with van der Waals surface area (Å²) in [7, 11) is 6.09. The fourth-order valence-electron chi connectivity index (χ4n) is 4.45. The van der Waals surface area contributed by atoms with E-state index in [1.807, 2.05) is 36.0 Å². The molecule has 1 aromatic heterocycles. The van der Waals surface area contributed by atoms with E-state index < -0.39 is 0 Å². The predicted molar refractivity (Wildman–Crippen MR) is 133 cm³/mol. The first-order valence-corrected chi connectivity index (χ1v) is 11.6. The average molecular weight is 444 g/mol. The molecule has 2 heterocycles. The second-order valence-electron chi connectivity index (χ2n) is 9.08. The number of hydrogen-bond donors (Lipinski definition) is 0. The third kappa shape index (κ3) is 5.57. The Morgan fingerprint density at radius 2 is 1.67 bits per heavy atom. The van der Waals surface area contributed by atoms with Gasteiger partial charge in [-0.15, -0.1) is 0 Å². The second-order valence-corrected chi connectivity index (χ2v) is 9.08. The molecule has 1 amide bonds. The Balaban J connectivity index is 1.48. The highest BCUT2D eigenvalue weighted by Crippen LogP contribution is 2.31. The Bertz CT molecular complexity index is 1080. The van der Waals surface area contributed by atoms with Crippen molar-refractivity contribution in [2.45, 2.75) is 38.9 Å². The van der Waals surface area contributed by atoms with E-state index in [0.717, 1.165) is 43.3 Å². The van der Waals surface area contributed by atoms with Gasteiger partial charge in [0.25, 0.3) is 0 Å². The Kier molecular flexibility index (Phi) is 7.04. The van der Waals surface area contributed by atoms with Crippen molar-refractivity contribution in [2.75, 3.05) is 32.6 Å². The molecule has 1 saturated heterocycles. The van der Waals surface area contributed by atoms with E-state index in [-0.39, 0.29) is 11.9 Å². The smallest absolute Gasteiger partial charge is 0.220 e. The summed E-state index contributed by atoms with van der Waals surface area (Å²) in [6.45, 7) is 3.95. The molecule has 6 heteroatoms. The minimum Gasteiger partial charge on any atom is -0.363 e. The molecule has 33 heavy (non-hydrogen) atoms. The molecule has 3 aromatic rings. The normalized spacial score (nSPS) is 15.8. The maximum Gasteiger partial charge on any atom is 0.220 e. The summed E-state index contributed by atoms with van der Waals surface area (Å²) < 4.78 is 0. The van der Waals surface area contributed by atoms with Gasteiger partial charge in [-0.25, -0.2) is 9.97 Å². The summed E-state index contributed by atoms with van der Waals surface area (Å²) in [5.74, 6) is 1.73. The molecule has 0 radical (unpaired) electrons. The van der Waals surface area contributed by atoms with Crippen LogP contribution in [0.5, 0.6) is 0 Å². The number of rotatable bonds is 7. The quantitative estimate of drug-likeness (QED) is 0.537. The molecule has 2 aromatic carbocycles. The van der Waals surface area contributed by atoms with E-state index >= 15 is 0 Å². The van der Waals surface area contributed by atoms with Crippen molar-refractivity contribution in [1.82, 2.24) is 19.8 Å². The standard InChI is InChI=1S/C27H33N5O/c1-20(33)32-16-8-11-25(32)27-28-24(17-26(29-27)30(2)3)19-31(4)18-21-12-14-23(15-13-21)22-9-6-5-7-10-22/h5-7,9-10,12-15,17,25H,8,11,16,18-19H2,1-4H3/t25-/m0/s1. The van der Waals surface area contributed by atoms with Crippen molar-refractivity contribution in [3.8, 4) is 11.1 Å². The summed E-state index contributed by atoms with van der Waals surface area (Å²) >= 11 is 0. The number of carbonyl (C=O) groups is 1. The van der Waals surface area contributed by atoms with Gasteiger partial charge in [-0.1, -0.05) is 54.6 Å². The zero-order chi connectivity index (χ0) is 23.4. The van der Waals surface area contributed by atoms with Crippen LogP contribution in [0.3, 0.4) is 0 Å². The lowest BCUT2D eigenvalue weighted by molar-refractivity contribution is -0.129. The van der Waals surface area contributed by atoms with Crippen molar-refractivity contribution in [3.05, 3.63) is 77.7 Å². The Labute approximate surface area is 196 Å². The fourth-order valence-corrected chi connectivity index (χ4v) is 4.45. The third-order valence-electron chi connectivity index (χ3n) is 6.14. The van der Waals surface area contributed by atoms with Crippen LogP contribution < -0.4 is 4.90 Å². The van der Waals surface area contributed by atoms with Gasteiger partial charge in [0.15, 0.2) is 5.82 Å². The topological polar surface area (TPSA) is 52.6 Å². The molecule has 0 saturated carbocycles. The molecule has 1 atom stereocenters. The number of anilines is 1. The van der Waals surface area contributed by atoms with Crippen LogP contribution in [-0.2, 0) is 17.9 Å². The monoisotopic (exact) mass is 443 g/mol. The Morgan fingerprint density at radius 3 is 2.33 bits per heavy atom. The summed E-state index contributed by atoms with van der Waals surface area (Å²) in [6.07, 6.45) is 1.91. The van der Waals surface area contributed by atoms with Crippen molar-refractivity contribution in [2.24, 2.45) is 0 Å². The van der Waals surface area contributed by atoms with E-state index in [4.69, 9.17) is 9.97 Å². The van der Waals surface area contributed by atoms with Crippen molar-refractivity contribution < 1.29 is 4.79 Å². The summed E-state index contributed by atoms with van der Waals surface area (Å²) in [5.41, 5.74) is 4.69. The predicted octanol–water partition coefficient (Wildman–Crippen LogP) is 4.53. The summed E-state index contributed by atoms with van der Waals surface area (Å²) in [5, 5.41) is 0. The van der Waals surface area contributed by atoms with Crippen molar-refractivity contribution in [1.29, 1.82) is 0 Å². The van der Waals surface area contributed by atoms with E-state index in [1.54, 1.807) is 6.92 Å². The average Bonchev–Trinajstić information content (AvgIpc) is 3.30. The molecular formula is C27H33N5O. The minimum atomic E-state index is -0.0306. The SMILES string of the molecule is CC(=O)N1CCC[C@H]1c1nc(CN(C)Cc2ccc(-c3ccccc3)cc2)cc(N(C)C)n1. The van der Waals surface area contributed by atoms with Crippen LogP contribution in [0.25, 0.3) is 11.1 Å². The van der Waals surface area contributed by atoms with Crippen molar-refractivity contribution in [3.63, 3.8) is 0 Å². The molecule has 0 aliphatic carbocycles. The molecule has 0 bridgehead atoms. The first-order chi connectivity index (χ1) is 15.9. The van der Waals surface area contributed by atoms with Gasteiger partial charge in [-0.05, 0) is 36.6 Å². The highest BCUT2D eigenvalue weighted by Gasteiger charge is 2.30. The number of nitrogens with zero attached hydrogens (tertiary/aromatic N) is 5. The van der Waals surface area contributed by atoms with Crippen LogP contribution in [0.15, 0.2) is 60.7 Å². The van der Waals surface area contributed by atoms with Crippen LogP contribution in [-0.4, -0.2) is 53.4 Å². The van der Waals surface area contributed by atoms with E-state index in [2.05, 4.69) is 60.5 Å². The zero-order valence-corrected chi connectivity index (χ0v) is 20.0. The van der Waals surface area contributed by atoms with Gasteiger partial charge in [-0.3, -0.25) is 9.69 Å². The first-order valence-electron chi connectivity index (χ1n) is 11.6. The van der Waals surface area contributed by atoms with E-state index in [9.17, 15) is 4.79 Å². The third-order valence-corrected chi connectivity index (χ3v) is 6.14. The number of carbonyl (C=O) groups excluding carboxylic acids is 1. The minimum absolute atomic E-state index is 0.0306. The highest BCUT2D eigenvalue weighted by atomic mass is 16.2. The molecule has 1 fully saturated rings. The van der Waals surface area contributed by atoms with Gasteiger partial charge < -0.3 is 9.80 Å². The van der Waals surface area contributed by atoms with Crippen LogP contribution in [0.4, 0.5) is 5.82 Å². The van der Waals surface area contributed by atoms with Gasteiger partial charge >= 0.3 is 0 Å². The maximum absolute atomic E-state index is 12.1. The summed E-state index contributed by atoms with van der Waals surface area (Å²) in [6, 6.07) is 21.2. The molecule has 0 unspecified atom stereocenters. The lowest BCUT2D eigenvalue weighted by Gasteiger charge is -2.24. The zero-order valence-electron chi connectivity index (χ0n) is 20.0. The Hall–Kier alpha value is -3.25. The highest BCUT2D eigenvalue weighted by molar-refractivity contribution is 5.74. The fraction of sp³-hybridized carbons (Fsp3) is 0.370. The van der Waals surface area contributed by atoms with Crippen molar-refractivity contribution >= 4 is 11.7 Å². The molecule has 0 N–H and O–H groups in total. The largest absolute Gasteiger partial charge is 0.363 e. The van der Waals surface area contributed by atoms with Gasteiger partial charge in [0.05, 0.1) is 11.7 Å². The van der Waals surface area contributed by atoms with Gasteiger partial charge in [0, 0.05) is 46.7 Å². The molecule has 1 aliphatic rings. The van der Waals surface area contributed by atoms with Gasteiger partial charge in [0.2, 0.25) is 5.91 Å². The number of benzene rings is 2. The van der Waals surface area contributed by atoms with Crippen LogP contribution in [0.1, 0.15) is 42.9 Å². The lowest BCUT2D eigenvalue weighted by atomic mass is 10.0. The van der Waals surface area contributed by atoms with Gasteiger partial charge in [-0.2, -0.15) is 0 Å².